The lowest BCUT2D eigenvalue weighted by Gasteiger charge is -2.05. The monoisotopic (exact) mass is 372 g/mol. The molecule has 0 aliphatic heterocycles. The molecule has 2 N–H and O–H groups in total. The fraction of sp³-hybridized carbons (Fsp3) is 0.167. The number of aryl methyl sites for hydroxylation is 1. The van der Waals surface area contributed by atoms with Gasteiger partial charge in [0, 0.05) is 5.69 Å². The summed E-state index contributed by atoms with van der Waals surface area (Å²) in [6, 6.07) is 12.9. The lowest BCUT2D eigenvalue weighted by Crippen LogP contribution is -2.19. The number of carbonyl (C=O) groups excluding carboxylic acids is 1. The highest BCUT2D eigenvalue weighted by Gasteiger charge is 2.09. The normalized spacial score (nSPS) is 10.4. The zero-order chi connectivity index (χ0) is 18.4. The number of halogens is 1. The molecule has 0 saturated carbocycles. The minimum Gasteiger partial charge on any atom is -0.486 e. The van der Waals surface area contributed by atoms with Crippen LogP contribution in [0.4, 0.5) is 20.0 Å². The molecule has 0 spiro atoms. The molecular formula is C18H17FN4O2S. The van der Waals surface area contributed by atoms with E-state index >= 15 is 0 Å². The third-order valence-electron chi connectivity index (χ3n) is 3.48. The quantitative estimate of drug-likeness (QED) is 0.670. The van der Waals surface area contributed by atoms with E-state index < -0.39 is 6.03 Å². The summed E-state index contributed by atoms with van der Waals surface area (Å²) in [7, 11) is 0. The van der Waals surface area contributed by atoms with Crippen molar-refractivity contribution in [2.24, 2.45) is 0 Å². The van der Waals surface area contributed by atoms with Crippen molar-refractivity contribution in [3.63, 3.8) is 0 Å². The van der Waals surface area contributed by atoms with Gasteiger partial charge in [-0.3, -0.25) is 5.32 Å². The predicted octanol–water partition coefficient (Wildman–Crippen LogP) is 4.46. The number of carbonyl (C=O) groups is 1. The van der Waals surface area contributed by atoms with Gasteiger partial charge in [0.15, 0.2) is 5.01 Å². The summed E-state index contributed by atoms with van der Waals surface area (Å²) in [6.45, 7) is 2.36. The number of urea groups is 1. The maximum Gasteiger partial charge on any atom is 0.325 e. The number of nitrogens with zero attached hydrogens (tertiary/aromatic N) is 2. The van der Waals surface area contributed by atoms with E-state index in [1.54, 1.807) is 0 Å². The van der Waals surface area contributed by atoms with E-state index in [2.05, 4.69) is 27.8 Å². The summed E-state index contributed by atoms with van der Waals surface area (Å²) in [5.41, 5.74) is 1.72. The number of amides is 2. The van der Waals surface area contributed by atoms with Crippen molar-refractivity contribution in [1.29, 1.82) is 0 Å². The molecule has 2 aromatic carbocycles. The summed E-state index contributed by atoms with van der Waals surface area (Å²) >= 11 is 1.22. The minimum atomic E-state index is -0.476. The highest BCUT2D eigenvalue weighted by molar-refractivity contribution is 7.15. The Labute approximate surface area is 154 Å². The second kappa shape index (κ2) is 8.39. The Morgan fingerprint density at radius 1 is 1.08 bits per heavy atom. The molecule has 0 unspecified atom stereocenters. The van der Waals surface area contributed by atoms with Gasteiger partial charge in [-0.05, 0) is 48.4 Å². The van der Waals surface area contributed by atoms with Gasteiger partial charge in [0.05, 0.1) is 0 Å². The third kappa shape index (κ3) is 5.00. The number of aromatic nitrogens is 2. The van der Waals surface area contributed by atoms with Crippen LogP contribution in [0.3, 0.4) is 0 Å². The van der Waals surface area contributed by atoms with Crippen molar-refractivity contribution < 1.29 is 13.9 Å². The second-order valence-electron chi connectivity index (χ2n) is 5.37. The van der Waals surface area contributed by atoms with E-state index in [1.807, 2.05) is 24.3 Å². The first-order valence-corrected chi connectivity index (χ1v) is 8.81. The van der Waals surface area contributed by atoms with Gasteiger partial charge in [-0.15, -0.1) is 10.2 Å². The fourth-order valence-corrected chi connectivity index (χ4v) is 2.77. The van der Waals surface area contributed by atoms with E-state index in [0.717, 1.165) is 12.2 Å². The van der Waals surface area contributed by atoms with Crippen LogP contribution in [0.2, 0.25) is 0 Å². The summed E-state index contributed by atoms with van der Waals surface area (Å²) in [4.78, 5) is 11.9. The molecule has 1 aromatic heterocycles. The van der Waals surface area contributed by atoms with Crippen molar-refractivity contribution in [2.45, 2.75) is 20.0 Å². The first kappa shape index (κ1) is 17.8. The van der Waals surface area contributed by atoms with Crippen LogP contribution in [0, 0.1) is 5.82 Å². The van der Waals surface area contributed by atoms with Gasteiger partial charge in [0.1, 0.15) is 18.2 Å². The third-order valence-corrected chi connectivity index (χ3v) is 4.30. The highest BCUT2D eigenvalue weighted by atomic mass is 32.1. The molecule has 3 aromatic rings. The molecule has 8 heteroatoms. The fourth-order valence-electron chi connectivity index (χ4n) is 2.12. The Balaban J connectivity index is 1.50. The summed E-state index contributed by atoms with van der Waals surface area (Å²) in [5.74, 6) is 0.384. The Morgan fingerprint density at radius 2 is 1.81 bits per heavy atom. The number of ether oxygens (including phenoxy) is 1. The second-order valence-corrected chi connectivity index (χ2v) is 6.44. The van der Waals surface area contributed by atoms with Crippen molar-refractivity contribution in [3.05, 3.63) is 64.9 Å². The van der Waals surface area contributed by atoms with Crippen LogP contribution in [-0.4, -0.2) is 16.2 Å². The van der Waals surface area contributed by atoms with Crippen molar-refractivity contribution in [3.8, 4) is 5.75 Å². The lowest BCUT2D eigenvalue weighted by atomic mass is 10.2. The molecule has 0 fully saturated rings. The Hall–Kier alpha value is -3.00. The van der Waals surface area contributed by atoms with E-state index in [1.165, 1.54) is 41.2 Å². The maximum atomic E-state index is 12.8. The van der Waals surface area contributed by atoms with Gasteiger partial charge in [-0.25, -0.2) is 9.18 Å². The Morgan fingerprint density at radius 3 is 2.50 bits per heavy atom. The smallest absolute Gasteiger partial charge is 0.325 e. The largest absolute Gasteiger partial charge is 0.486 e. The molecule has 0 bridgehead atoms. The number of hydrogen-bond acceptors (Lipinski definition) is 5. The van der Waals surface area contributed by atoms with Crippen molar-refractivity contribution >= 4 is 28.2 Å². The Kier molecular flexibility index (Phi) is 5.75. The van der Waals surface area contributed by atoms with E-state index in [9.17, 15) is 9.18 Å². The molecule has 6 nitrogen and oxygen atoms in total. The molecule has 0 aliphatic rings. The molecule has 134 valence electrons. The highest BCUT2D eigenvalue weighted by Crippen LogP contribution is 2.19. The summed E-state index contributed by atoms with van der Waals surface area (Å²) in [5, 5.41) is 14.1. The average molecular weight is 372 g/mol. The van der Waals surface area contributed by atoms with Crippen LogP contribution >= 0.6 is 11.3 Å². The molecule has 3 rings (SSSR count). The van der Waals surface area contributed by atoms with Crippen LogP contribution in [0.1, 0.15) is 17.5 Å². The zero-order valence-corrected chi connectivity index (χ0v) is 14.8. The van der Waals surface area contributed by atoms with Gasteiger partial charge < -0.3 is 10.1 Å². The first-order valence-electron chi connectivity index (χ1n) is 8.00. The average Bonchev–Trinajstić information content (AvgIpc) is 3.09. The van der Waals surface area contributed by atoms with Crippen molar-refractivity contribution in [2.75, 3.05) is 10.6 Å². The van der Waals surface area contributed by atoms with Crippen LogP contribution in [0.25, 0.3) is 0 Å². The van der Waals surface area contributed by atoms with E-state index in [0.29, 0.717) is 15.8 Å². The number of nitrogens with one attached hydrogen (secondary N) is 2. The van der Waals surface area contributed by atoms with Crippen LogP contribution in [0.15, 0.2) is 48.5 Å². The first-order chi connectivity index (χ1) is 12.6. The number of benzene rings is 2. The standard InChI is InChI=1S/C18H17FN4O2S/c1-2-12-3-9-15(10-4-12)25-11-16-22-23-18(26-16)21-17(24)20-14-7-5-13(19)6-8-14/h3-10H,2,11H2,1H3,(H2,20,21,23,24). The number of hydrogen-bond donors (Lipinski definition) is 2. The SMILES string of the molecule is CCc1ccc(OCc2nnc(NC(=O)Nc3ccc(F)cc3)s2)cc1. The topological polar surface area (TPSA) is 76.1 Å². The number of anilines is 2. The van der Waals surface area contributed by atoms with Crippen LogP contribution in [-0.2, 0) is 13.0 Å². The molecule has 1 heterocycles. The molecule has 0 radical (unpaired) electrons. The molecule has 0 saturated heterocycles. The summed E-state index contributed by atoms with van der Waals surface area (Å²) in [6.07, 6.45) is 0.978. The van der Waals surface area contributed by atoms with Crippen LogP contribution in [0.5, 0.6) is 5.75 Å². The molecule has 0 atom stereocenters. The van der Waals surface area contributed by atoms with Gasteiger partial charge in [-0.2, -0.15) is 0 Å². The minimum absolute atomic E-state index is 0.268. The van der Waals surface area contributed by atoms with Crippen molar-refractivity contribution in [1.82, 2.24) is 10.2 Å². The summed E-state index contributed by atoms with van der Waals surface area (Å²) < 4.78 is 18.5. The Bertz CT molecular complexity index is 866. The van der Waals surface area contributed by atoms with Gasteiger partial charge in [0.25, 0.3) is 0 Å². The molecule has 26 heavy (non-hydrogen) atoms. The van der Waals surface area contributed by atoms with Crippen LogP contribution < -0.4 is 15.4 Å². The predicted molar refractivity (Wildman–Crippen MR) is 99.1 cm³/mol. The van der Waals surface area contributed by atoms with Gasteiger partial charge >= 0.3 is 6.03 Å². The molecule has 2 amide bonds. The molecule has 0 aliphatic carbocycles. The van der Waals surface area contributed by atoms with E-state index in [-0.39, 0.29) is 12.4 Å². The molecular weight excluding hydrogens is 355 g/mol. The van der Waals surface area contributed by atoms with Gasteiger partial charge in [0.2, 0.25) is 5.13 Å². The van der Waals surface area contributed by atoms with Gasteiger partial charge in [-0.1, -0.05) is 30.4 Å². The zero-order valence-electron chi connectivity index (χ0n) is 14.0. The number of rotatable bonds is 6. The lowest BCUT2D eigenvalue weighted by molar-refractivity contribution is 0.262. The van der Waals surface area contributed by atoms with E-state index in [4.69, 9.17) is 4.74 Å². The maximum absolute atomic E-state index is 12.8.